The van der Waals surface area contributed by atoms with Gasteiger partial charge in [-0.2, -0.15) is 0 Å². The molecule has 0 saturated heterocycles. The average Bonchev–Trinajstić information content (AvgIpc) is 2.94. The molecule has 118 valence electrons. The van der Waals surface area contributed by atoms with Crippen molar-refractivity contribution in [3.8, 4) is 0 Å². The van der Waals surface area contributed by atoms with Gasteiger partial charge >= 0.3 is 0 Å². The molecule has 2 nitrogen and oxygen atoms in total. The van der Waals surface area contributed by atoms with E-state index in [0.717, 1.165) is 13.1 Å². The fourth-order valence-corrected chi connectivity index (χ4v) is 3.48. The van der Waals surface area contributed by atoms with Crippen LogP contribution in [0.5, 0.6) is 0 Å². The van der Waals surface area contributed by atoms with Crippen molar-refractivity contribution in [2.75, 3.05) is 18.0 Å². The molecule has 0 amide bonds. The number of para-hydroxylation sites is 1. The molecule has 0 bridgehead atoms. The van der Waals surface area contributed by atoms with Crippen molar-refractivity contribution >= 4 is 5.69 Å². The fraction of sp³-hybridized carbons (Fsp3) is 0.684. The summed E-state index contributed by atoms with van der Waals surface area (Å²) in [5.41, 5.74) is 8.97. The second kappa shape index (κ2) is 9.09. The van der Waals surface area contributed by atoms with E-state index >= 15 is 0 Å². The summed E-state index contributed by atoms with van der Waals surface area (Å²) in [4.78, 5) is 2.55. The van der Waals surface area contributed by atoms with Crippen molar-refractivity contribution < 1.29 is 0 Å². The van der Waals surface area contributed by atoms with Gasteiger partial charge in [0.05, 0.1) is 0 Å². The molecule has 2 heteroatoms. The maximum absolute atomic E-state index is 6.05. The van der Waals surface area contributed by atoms with Crippen molar-refractivity contribution in [3.05, 3.63) is 29.8 Å². The first kappa shape index (κ1) is 16.4. The summed E-state index contributed by atoms with van der Waals surface area (Å²) in [5.74, 6) is 0. The van der Waals surface area contributed by atoms with Gasteiger partial charge in [-0.05, 0) is 24.5 Å². The second-order valence-corrected chi connectivity index (χ2v) is 6.37. The molecule has 1 aromatic carbocycles. The highest BCUT2D eigenvalue weighted by Gasteiger charge is 2.24. The van der Waals surface area contributed by atoms with Crippen LogP contribution in [0.15, 0.2) is 24.3 Å². The molecule has 1 aliphatic rings. The van der Waals surface area contributed by atoms with Crippen LogP contribution in [0.25, 0.3) is 0 Å². The standard InChI is InChI=1S/C19H32N2/c1-2-3-4-5-6-7-8-12-18(16-20)21-15-14-17-11-9-10-13-19(17)21/h9-11,13,18H,2-8,12,14-16,20H2,1H3. The van der Waals surface area contributed by atoms with E-state index in [1.165, 1.54) is 69.0 Å². The number of nitrogens with zero attached hydrogens (tertiary/aromatic N) is 1. The molecule has 2 N–H and O–H groups in total. The zero-order chi connectivity index (χ0) is 14.9. The van der Waals surface area contributed by atoms with Gasteiger partial charge in [-0.15, -0.1) is 0 Å². The highest BCUT2D eigenvalue weighted by Crippen LogP contribution is 2.30. The minimum absolute atomic E-state index is 0.532. The Morgan fingerprint density at radius 3 is 2.52 bits per heavy atom. The second-order valence-electron chi connectivity index (χ2n) is 6.37. The summed E-state index contributed by atoms with van der Waals surface area (Å²) in [6.45, 7) is 4.21. The van der Waals surface area contributed by atoms with Crippen LogP contribution in [0.3, 0.4) is 0 Å². The molecular weight excluding hydrogens is 256 g/mol. The first-order chi connectivity index (χ1) is 10.4. The molecule has 0 saturated carbocycles. The molecule has 1 aliphatic heterocycles. The molecule has 0 aromatic heterocycles. The Balaban J connectivity index is 1.72. The van der Waals surface area contributed by atoms with E-state index in [1.54, 1.807) is 0 Å². The van der Waals surface area contributed by atoms with Crippen LogP contribution < -0.4 is 10.6 Å². The van der Waals surface area contributed by atoms with Gasteiger partial charge in [0, 0.05) is 24.8 Å². The van der Waals surface area contributed by atoms with Crippen LogP contribution in [0.4, 0.5) is 5.69 Å². The smallest absolute Gasteiger partial charge is 0.0412 e. The summed E-state index contributed by atoms with van der Waals surface area (Å²) in [5, 5.41) is 0. The molecule has 0 aliphatic carbocycles. The summed E-state index contributed by atoms with van der Waals surface area (Å²) in [6.07, 6.45) is 12.1. The van der Waals surface area contributed by atoms with Crippen molar-refractivity contribution in [1.82, 2.24) is 0 Å². The maximum Gasteiger partial charge on any atom is 0.0412 e. The monoisotopic (exact) mass is 288 g/mol. The molecule has 0 fully saturated rings. The van der Waals surface area contributed by atoms with Crippen molar-refractivity contribution in [2.24, 2.45) is 5.73 Å². The van der Waals surface area contributed by atoms with E-state index in [2.05, 4.69) is 36.1 Å². The molecule has 21 heavy (non-hydrogen) atoms. The predicted octanol–water partition coefficient (Wildman–Crippen LogP) is 4.52. The third-order valence-electron chi connectivity index (χ3n) is 4.78. The van der Waals surface area contributed by atoms with Crippen LogP contribution >= 0.6 is 0 Å². The first-order valence-electron chi connectivity index (χ1n) is 8.91. The van der Waals surface area contributed by atoms with E-state index in [-0.39, 0.29) is 0 Å². The van der Waals surface area contributed by atoms with Crippen LogP contribution in [0.1, 0.15) is 63.9 Å². The zero-order valence-electron chi connectivity index (χ0n) is 13.7. The molecule has 1 atom stereocenters. The van der Waals surface area contributed by atoms with E-state index in [9.17, 15) is 0 Å². The summed E-state index contributed by atoms with van der Waals surface area (Å²) >= 11 is 0. The van der Waals surface area contributed by atoms with Gasteiger partial charge in [0.15, 0.2) is 0 Å². The summed E-state index contributed by atoms with van der Waals surface area (Å²) < 4.78 is 0. The van der Waals surface area contributed by atoms with Crippen LogP contribution in [0, 0.1) is 0 Å². The number of rotatable bonds is 10. The van der Waals surface area contributed by atoms with E-state index in [4.69, 9.17) is 5.73 Å². The fourth-order valence-electron chi connectivity index (χ4n) is 3.48. The molecule has 1 unspecified atom stereocenters. The number of nitrogens with two attached hydrogens (primary N) is 1. The Kier molecular flexibility index (Phi) is 7.08. The number of fused-ring (bicyclic) bond motifs is 1. The molecule has 1 heterocycles. The third kappa shape index (κ3) is 4.74. The van der Waals surface area contributed by atoms with Gasteiger partial charge in [0.1, 0.15) is 0 Å². The van der Waals surface area contributed by atoms with E-state index in [1.807, 2.05) is 0 Å². The SMILES string of the molecule is CCCCCCCCCC(CN)N1CCc2ccccc21. The number of unbranched alkanes of at least 4 members (excludes halogenated alkanes) is 6. The lowest BCUT2D eigenvalue weighted by atomic mass is 10.0. The molecular formula is C19H32N2. The number of hydrogen-bond acceptors (Lipinski definition) is 2. The predicted molar refractivity (Wildman–Crippen MR) is 92.9 cm³/mol. The summed E-state index contributed by atoms with van der Waals surface area (Å²) in [7, 11) is 0. The summed E-state index contributed by atoms with van der Waals surface area (Å²) in [6, 6.07) is 9.35. The van der Waals surface area contributed by atoms with Crippen LogP contribution in [-0.2, 0) is 6.42 Å². The zero-order valence-corrected chi connectivity index (χ0v) is 13.7. The third-order valence-corrected chi connectivity index (χ3v) is 4.78. The quantitative estimate of drug-likeness (QED) is 0.641. The lowest BCUT2D eigenvalue weighted by Gasteiger charge is -2.29. The molecule has 0 radical (unpaired) electrons. The number of anilines is 1. The van der Waals surface area contributed by atoms with Crippen LogP contribution in [-0.4, -0.2) is 19.1 Å². The van der Waals surface area contributed by atoms with E-state index in [0.29, 0.717) is 6.04 Å². The first-order valence-corrected chi connectivity index (χ1v) is 8.91. The Bertz CT molecular complexity index is 402. The van der Waals surface area contributed by atoms with E-state index < -0.39 is 0 Å². The Morgan fingerprint density at radius 1 is 1.05 bits per heavy atom. The van der Waals surface area contributed by atoms with Crippen molar-refractivity contribution in [2.45, 2.75) is 70.8 Å². The van der Waals surface area contributed by atoms with Crippen molar-refractivity contribution in [3.63, 3.8) is 0 Å². The minimum atomic E-state index is 0.532. The average molecular weight is 288 g/mol. The normalized spacial score (nSPS) is 15.2. The van der Waals surface area contributed by atoms with Gasteiger partial charge in [-0.3, -0.25) is 0 Å². The van der Waals surface area contributed by atoms with Gasteiger partial charge in [-0.25, -0.2) is 0 Å². The van der Waals surface area contributed by atoms with Gasteiger partial charge in [-0.1, -0.05) is 70.1 Å². The van der Waals surface area contributed by atoms with Gasteiger partial charge in [0.25, 0.3) is 0 Å². The molecule has 1 aromatic rings. The highest BCUT2D eigenvalue weighted by molar-refractivity contribution is 5.58. The Hall–Kier alpha value is -1.02. The van der Waals surface area contributed by atoms with Crippen LogP contribution in [0.2, 0.25) is 0 Å². The molecule has 2 rings (SSSR count). The van der Waals surface area contributed by atoms with Gasteiger partial charge in [0.2, 0.25) is 0 Å². The Labute approximate surface area is 130 Å². The van der Waals surface area contributed by atoms with Crippen molar-refractivity contribution in [1.29, 1.82) is 0 Å². The lowest BCUT2D eigenvalue weighted by Crippen LogP contribution is -2.39. The minimum Gasteiger partial charge on any atom is -0.367 e. The van der Waals surface area contributed by atoms with Gasteiger partial charge < -0.3 is 10.6 Å². The topological polar surface area (TPSA) is 29.3 Å². The Morgan fingerprint density at radius 2 is 1.76 bits per heavy atom. The highest BCUT2D eigenvalue weighted by atomic mass is 15.2. The lowest BCUT2D eigenvalue weighted by molar-refractivity contribution is 0.512. The molecule has 0 spiro atoms. The largest absolute Gasteiger partial charge is 0.367 e. The number of hydrogen-bond donors (Lipinski definition) is 1. The number of benzene rings is 1. The maximum atomic E-state index is 6.05.